The van der Waals surface area contributed by atoms with E-state index in [2.05, 4.69) is 0 Å². The Morgan fingerprint density at radius 1 is 0.656 bits per heavy atom. The van der Waals surface area contributed by atoms with Crippen molar-refractivity contribution in [1.82, 2.24) is 0 Å². The van der Waals surface area contributed by atoms with Gasteiger partial charge in [-0.15, -0.1) is 0 Å². The lowest BCUT2D eigenvalue weighted by Crippen LogP contribution is -2.62. The lowest BCUT2D eigenvalue weighted by molar-refractivity contribution is -0.232. The fourth-order valence-corrected chi connectivity index (χ4v) is 4.27. The monoisotopic (exact) mass is 433 g/mol. The number of aliphatic hydroxyl groups excluding tert-OH is 3. The molecule has 5 nitrogen and oxygen atoms in total. The third-order valence-corrected chi connectivity index (χ3v) is 5.95. The highest BCUT2D eigenvalue weighted by molar-refractivity contribution is 5.24. The van der Waals surface area contributed by atoms with Crippen molar-refractivity contribution in [2.75, 3.05) is 0 Å². The maximum atomic E-state index is 11.0. The first kappa shape index (κ1) is 22.6. The summed E-state index contributed by atoms with van der Waals surface area (Å²) in [5, 5.41) is 31.4. The van der Waals surface area contributed by atoms with Gasteiger partial charge in [0.15, 0.2) is 0 Å². The van der Waals surface area contributed by atoms with E-state index in [1.165, 1.54) is 6.61 Å². The molecule has 167 valence electrons. The molecule has 3 aromatic carbocycles. The summed E-state index contributed by atoms with van der Waals surface area (Å²) in [7, 11) is 0. The molecule has 32 heavy (non-hydrogen) atoms. The molecule has 1 fully saturated rings. The summed E-state index contributed by atoms with van der Waals surface area (Å²) < 4.78 is 12.5. The van der Waals surface area contributed by atoms with Crippen LogP contribution in [0.4, 0.5) is 0 Å². The van der Waals surface area contributed by atoms with Gasteiger partial charge < -0.3 is 24.8 Å². The molecule has 1 aliphatic heterocycles. The minimum Gasteiger partial charge on any atom is -0.387 e. The standard InChI is InChI=1S/C27H29O5/c28-23-19-31-26(25(30)24(23)29)27(16-20-10-4-1-5-11-20,17-21-12-6-2-7-13-21)32-18-22-14-8-3-9-15-22/h1-15,19,23-26,28-30H,16-18H2/t23-,24+,25+,26-/m0/s1. The lowest BCUT2D eigenvalue weighted by atomic mass is 9.78. The molecule has 0 spiro atoms. The van der Waals surface area contributed by atoms with Crippen molar-refractivity contribution in [3.63, 3.8) is 0 Å². The Balaban J connectivity index is 1.74. The SMILES string of the molecule is O[C@@H]1[C@H](O)[C@@H](O)[CH]O[C@@H]1C(Cc1ccccc1)(Cc1ccccc1)OCc1ccccc1. The topological polar surface area (TPSA) is 79.2 Å². The van der Waals surface area contributed by atoms with Crippen LogP contribution < -0.4 is 0 Å². The van der Waals surface area contributed by atoms with Gasteiger partial charge in [-0.3, -0.25) is 0 Å². The van der Waals surface area contributed by atoms with E-state index in [-0.39, 0.29) is 0 Å². The molecule has 0 aliphatic carbocycles. The predicted molar refractivity (Wildman–Crippen MR) is 121 cm³/mol. The zero-order valence-corrected chi connectivity index (χ0v) is 17.8. The van der Waals surface area contributed by atoms with Crippen LogP contribution in [0, 0.1) is 6.61 Å². The van der Waals surface area contributed by atoms with Crippen LogP contribution in [0.2, 0.25) is 0 Å². The maximum absolute atomic E-state index is 11.0. The van der Waals surface area contributed by atoms with E-state index in [0.717, 1.165) is 16.7 Å². The highest BCUT2D eigenvalue weighted by atomic mass is 16.6. The molecule has 1 aliphatic rings. The first-order valence-electron chi connectivity index (χ1n) is 10.9. The predicted octanol–water partition coefficient (Wildman–Crippen LogP) is 3.07. The van der Waals surface area contributed by atoms with Gasteiger partial charge in [-0.05, 0) is 16.7 Å². The van der Waals surface area contributed by atoms with Gasteiger partial charge in [0.05, 0.1) is 6.61 Å². The zero-order valence-electron chi connectivity index (χ0n) is 17.8. The largest absolute Gasteiger partial charge is 0.387 e. The number of ether oxygens (including phenoxy) is 2. The number of hydrogen-bond donors (Lipinski definition) is 3. The van der Waals surface area contributed by atoms with Gasteiger partial charge in [0.25, 0.3) is 0 Å². The molecule has 1 radical (unpaired) electrons. The molecule has 5 heteroatoms. The molecule has 4 atom stereocenters. The third kappa shape index (κ3) is 5.26. The van der Waals surface area contributed by atoms with E-state index in [0.29, 0.717) is 19.4 Å². The fourth-order valence-electron chi connectivity index (χ4n) is 4.27. The number of rotatable bonds is 8. The Morgan fingerprint density at radius 2 is 1.12 bits per heavy atom. The summed E-state index contributed by atoms with van der Waals surface area (Å²) in [5.74, 6) is 0. The van der Waals surface area contributed by atoms with Crippen LogP contribution in [0.1, 0.15) is 16.7 Å². The minimum atomic E-state index is -1.36. The third-order valence-electron chi connectivity index (χ3n) is 5.95. The van der Waals surface area contributed by atoms with Gasteiger partial charge in [0.1, 0.15) is 36.6 Å². The molecule has 3 aromatic rings. The first-order valence-corrected chi connectivity index (χ1v) is 10.9. The zero-order chi connectivity index (χ0) is 22.4. The summed E-state index contributed by atoms with van der Waals surface area (Å²) in [4.78, 5) is 0. The van der Waals surface area contributed by atoms with Crippen LogP contribution in [0.25, 0.3) is 0 Å². The normalized spacial score (nSPS) is 23.7. The van der Waals surface area contributed by atoms with E-state index >= 15 is 0 Å². The van der Waals surface area contributed by atoms with Crippen molar-refractivity contribution < 1.29 is 24.8 Å². The second-order valence-corrected chi connectivity index (χ2v) is 8.33. The van der Waals surface area contributed by atoms with Crippen molar-refractivity contribution in [1.29, 1.82) is 0 Å². The number of aliphatic hydroxyl groups is 3. The number of hydrogen-bond acceptors (Lipinski definition) is 5. The Morgan fingerprint density at radius 3 is 1.62 bits per heavy atom. The van der Waals surface area contributed by atoms with Gasteiger partial charge in [-0.25, -0.2) is 0 Å². The van der Waals surface area contributed by atoms with Crippen LogP contribution in [0.5, 0.6) is 0 Å². The molecule has 1 heterocycles. The average Bonchev–Trinajstić information content (AvgIpc) is 2.83. The Kier molecular flexibility index (Phi) is 7.35. The maximum Gasteiger partial charge on any atom is 0.116 e. The molecular formula is C27H29O5. The Bertz CT molecular complexity index is 906. The summed E-state index contributed by atoms with van der Waals surface area (Å²) >= 11 is 0. The van der Waals surface area contributed by atoms with E-state index in [1.807, 2.05) is 91.0 Å². The molecule has 4 rings (SSSR count). The molecule has 1 saturated heterocycles. The van der Waals surface area contributed by atoms with Crippen molar-refractivity contribution >= 4 is 0 Å². The van der Waals surface area contributed by atoms with E-state index in [1.54, 1.807) is 0 Å². The van der Waals surface area contributed by atoms with Crippen LogP contribution >= 0.6 is 0 Å². The van der Waals surface area contributed by atoms with Crippen molar-refractivity contribution in [3.05, 3.63) is 114 Å². The molecule has 0 amide bonds. The Hall–Kier alpha value is -2.54. The fraction of sp³-hybridized carbons (Fsp3) is 0.296. The molecular weight excluding hydrogens is 404 g/mol. The van der Waals surface area contributed by atoms with Crippen molar-refractivity contribution in [2.45, 2.75) is 49.5 Å². The average molecular weight is 434 g/mol. The molecule has 0 aromatic heterocycles. The van der Waals surface area contributed by atoms with Crippen LogP contribution in [-0.4, -0.2) is 45.3 Å². The van der Waals surface area contributed by atoms with Crippen LogP contribution in [0.3, 0.4) is 0 Å². The van der Waals surface area contributed by atoms with Gasteiger partial charge in [-0.2, -0.15) is 0 Å². The van der Waals surface area contributed by atoms with Crippen molar-refractivity contribution in [2.24, 2.45) is 0 Å². The molecule has 0 bridgehead atoms. The second kappa shape index (κ2) is 10.4. The Labute approximate surface area is 188 Å². The molecule has 3 N–H and O–H groups in total. The first-order chi connectivity index (χ1) is 15.6. The number of benzene rings is 3. The quantitative estimate of drug-likeness (QED) is 0.509. The molecule has 0 unspecified atom stereocenters. The van der Waals surface area contributed by atoms with Crippen LogP contribution in [-0.2, 0) is 28.9 Å². The van der Waals surface area contributed by atoms with Gasteiger partial charge >= 0.3 is 0 Å². The summed E-state index contributed by atoms with van der Waals surface area (Å²) in [6, 6.07) is 29.6. The van der Waals surface area contributed by atoms with Gasteiger partial charge in [-0.1, -0.05) is 91.0 Å². The van der Waals surface area contributed by atoms with Crippen LogP contribution in [0.15, 0.2) is 91.0 Å². The van der Waals surface area contributed by atoms with Gasteiger partial charge in [0.2, 0.25) is 0 Å². The summed E-state index contributed by atoms with van der Waals surface area (Å²) in [6.07, 6.45) is -3.92. The van der Waals surface area contributed by atoms with E-state index in [4.69, 9.17) is 9.47 Å². The lowest BCUT2D eigenvalue weighted by Gasteiger charge is -2.47. The highest BCUT2D eigenvalue weighted by Gasteiger charge is 2.51. The van der Waals surface area contributed by atoms with Crippen molar-refractivity contribution in [3.8, 4) is 0 Å². The molecule has 0 saturated carbocycles. The van der Waals surface area contributed by atoms with E-state index < -0.39 is 30.0 Å². The van der Waals surface area contributed by atoms with E-state index in [9.17, 15) is 15.3 Å². The summed E-state index contributed by atoms with van der Waals surface area (Å²) in [6.45, 7) is 1.50. The second-order valence-electron chi connectivity index (χ2n) is 8.33. The summed E-state index contributed by atoms with van der Waals surface area (Å²) in [5.41, 5.74) is 2.03. The minimum absolute atomic E-state index is 0.311. The van der Waals surface area contributed by atoms with Gasteiger partial charge in [0, 0.05) is 12.8 Å². The highest BCUT2D eigenvalue weighted by Crippen LogP contribution is 2.36. The smallest absolute Gasteiger partial charge is 0.116 e.